The molecule has 0 aliphatic heterocycles. The predicted octanol–water partition coefficient (Wildman–Crippen LogP) is 5.10. The van der Waals surface area contributed by atoms with Gasteiger partial charge in [0, 0.05) is 24.1 Å². The number of ether oxygens (including phenoxy) is 5. The van der Waals surface area contributed by atoms with E-state index in [-0.39, 0.29) is 0 Å². The van der Waals surface area contributed by atoms with Gasteiger partial charge in [0.1, 0.15) is 34.5 Å². The standard InChI is InChI=1S/C23H24O5/c1-24-17-9-11-18(12-10-17)28-21-8-6-5-7-16(21)13-20-22(26-3)14-19(25-2)15-23(20)27-4/h5-12,14-15H,13H2,1-4H3. The summed E-state index contributed by atoms with van der Waals surface area (Å²) in [7, 11) is 6.53. The number of rotatable bonds is 8. The Morgan fingerprint density at radius 1 is 0.571 bits per heavy atom. The van der Waals surface area contributed by atoms with E-state index >= 15 is 0 Å². The topological polar surface area (TPSA) is 46.2 Å². The van der Waals surface area contributed by atoms with Gasteiger partial charge in [-0.05, 0) is 35.9 Å². The first-order valence-electron chi connectivity index (χ1n) is 8.87. The number of benzene rings is 3. The average molecular weight is 380 g/mol. The molecule has 28 heavy (non-hydrogen) atoms. The van der Waals surface area contributed by atoms with E-state index in [1.54, 1.807) is 28.4 Å². The molecule has 0 atom stereocenters. The van der Waals surface area contributed by atoms with Gasteiger partial charge in [-0.1, -0.05) is 18.2 Å². The maximum Gasteiger partial charge on any atom is 0.130 e. The van der Waals surface area contributed by atoms with Gasteiger partial charge in [0.2, 0.25) is 0 Å². The molecular formula is C23H24O5. The van der Waals surface area contributed by atoms with E-state index in [9.17, 15) is 0 Å². The van der Waals surface area contributed by atoms with Gasteiger partial charge in [-0.15, -0.1) is 0 Å². The zero-order valence-corrected chi connectivity index (χ0v) is 16.5. The molecule has 0 saturated heterocycles. The van der Waals surface area contributed by atoms with Crippen LogP contribution < -0.4 is 23.7 Å². The minimum absolute atomic E-state index is 0.586. The predicted molar refractivity (Wildman–Crippen MR) is 108 cm³/mol. The van der Waals surface area contributed by atoms with Crippen LogP contribution in [0.25, 0.3) is 0 Å². The molecule has 5 nitrogen and oxygen atoms in total. The Balaban J connectivity index is 1.93. The van der Waals surface area contributed by atoms with Crippen LogP contribution in [0.5, 0.6) is 34.5 Å². The molecule has 0 amide bonds. The van der Waals surface area contributed by atoms with Gasteiger partial charge < -0.3 is 23.7 Å². The molecular weight excluding hydrogens is 356 g/mol. The first-order valence-corrected chi connectivity index (χ1v) is 8.87. The molecule has 0 unspecified atom stereocenters. The lowest BCUT2D eigenvalue weighted by Crippen LogP contribution is -2.01. The van der Waals surface area contributed by atoms with E-state index in [0.29, 0.717) is 23.7 Å². The second-order valence-corrected chi connectivity index (χ2v) is 6.07. The SMILES string of the molecule is COc1ccc(Oc2ccccc2Cc2c(OC)cc(OC)cc2OC)cc1. The molecule has 5 heteroatoms. The molecule has 0 bridgehead atoms. The summed E-state index contributed by atoms with van der Waals surface area (Å²) >= 11 is 0. The van der Waals surface area contributed by atoms with Gasteiger partial charge in [0.05, 0.1) is 28.4 Å². The fourth-order valence-electron chi connectivity index (χ4n) is 2.96. The van der Waals surface area contributed by atoms with Gasteiger partial charge in [-0.25, -0.2) is 0 Å². The third-order valence-electron chi connectivity index (χ3n) is 4.44. The molecule has 3 aromatic rings. The van der Waals surface area contributed by atoms with Crippen molar-refractivity contribution in [3.63, 3.8) is 0 Å². The van der Waals surface area contributed by atoms with E-state index in [2.05, 4.69) is 0 Å². The zero-order valence-electron chi connectivity index (χ0n) is 16.5. The Labute approximate surface area is 165 Å². The lowest BCUT2D eigenvalue weighted by atomic mass is 10.0. The highest BCUT2D eigenvalue weighted by molar-refractivity contribution is 5.54. The summed E-state index contributed by atoms with van der Waals surface area (Å²) in [5, 5.41) is 0. The molecule has 0 fully saturated rings. The fraction of sp³-hybridized carbons (Fsp3) is 0.217. The van der Waals surface area contributed by atoms with Crippen molar-refractivity contribution in [3.05, 3.63) is 71.8 Å². The zero-order chi connectivity index (χ0) is 19.9. The summed E-state index contributed by atoms with van der Waals surface area (Å²) < 4.78 is 27.8. The molecule has 0 heterocycles. The third kappa shape index (κ3) is 4.31. The Bertz CT molecular complexity index is 894. The van der Waals surface area contributed by atoms with Crippen LogP contribution in [0, 0.1) is 0 Å². The van der Waals surface area contributed by atoms with Crippen molar-refractivity contribution in [2.45, 2.75) is 6.42 Å². The van der Waals surface area contributed by atoms with E-state index in [0.717, 1.165) is 28.4 Å². The van der Waals surface area contributed by atoms with Gasteiger partial charge in [0.25, 0.3) is 0 Å². The molecule has 3 rings (SSSR count). The first kappa shape index (κ1) is 19.4. The quantitative estimate of drug-likeness (QED) is 0.544. The van der Waals surface area contributed by atoms with Crippen molar-refractivity contribution in [1.82, 2.24) is 0 Å². The molecule has 0 N–H and O–H groups in total. The van der Waals surface area contributed by atoms with Gasteiger partial charge in [-0.2, -0.15) is 0 Å². The van der Waals surface area contributed by atoms with Crippen LogP contribution in [0.2, 0.25) is 0 Å². The van der Waals surface area contributed by atoms with E-state index in [1.807, 2.05) is 60.7 Å². The van der Waals surface area contributed by atoms with Crippen LogP contribution in [0.15, 0.2) is 60.7 Å². The second kappa shape index (κ2) is 9.04. The van der Waals surface area contributed by atoms with Crippen molar-refractivity contribution in [1.29, 1.82) is 0 Å². The highest BCUT2D eigenvalue weighted by Crippen LogP contribution is 2.37. The summed E-state index contributed by atoms with van der Waals surface area (Å²) in [6.45, 7) is 0. The van der Waals surface area contributed by atoms with Crippen molar-refractivity contribution in [3.8, 4) is 34.5 Å². The molecule has 0 radical (unpaired) electrons. The van der Waals surface area contributed by atoms with Crippen LogP contribution in [0.3, 0.4) is 0 Å². The minimum atomic E-state index is 0.586. The lowest BCUT2D eigenvalue weighted by molar-refractivity contribution is 0.369. The molecule has 0 aromatic heterocycles. The molecule has 3 aromatic carbocycles. The Morgan fingerprint density at radius 2 is 1.14 bits per heavy atom. The lowest BCUT2D eigenvalue weighted by Gasteiger charge is -2.17. The summed E-state index contributed by atoms with van der Waals surface area (Å²) in [5.41, 5.74) is 1.94. The summed E-state index contributed by atoms with van der Waals surface area (Å²) in [6, 6.07) is 19.1. The number of hydrogen-bond acceptors (Lipinski definition) is 5. The van der Waals surface area contributed by atoms with E-state index in [4.69, 9.17) is 23.7 Å². The smallest absolute Gasteiger partial charge is 0.130 e. The molecule has 0 aliphatic carbocycles. The van der Waals surface area contributed by atoms with Crippen molar-refractivity contribution in [2.75, 3.05) is 28.4 Å². The highest BCUT2D eigenvalue weighted by atomic mass is 16.5. The normalized spacial score (nSPS) is 10.3. The molecule has 146 valence electrons. The van der Waals surface area contributed by atoms with Crippen LogP contribution in [0.1, 0.15) is 11.1 Å². The Morgan fingerprint density at radius 3 is 1.71 bits per heavy atom. The fourth-order valence-corrected chi connectivity index (χ4v) is 2.96. The molecule has 0 aliphatic rings. The van der Waals surface area contributed by atoms with Crippen molar-refractivity contribution >= 4 is 0 Å². The highest BCUT2D eigenvalue weighted by Gasteiger charge is 2.16. The first-order chi connectivity index (χ1) is 13.7. The van der Waals surface area contributed by atoms with Crippen LogP contribution in [-0.4, -0.2) is 28.4 Å². The maximum atomic E-state index is 6.11. The van der Waals surface area contributed by atoms with Crippen molar-refractivity contribution < 1.29 is 23.7 Å². The second-order valence-electron chi connectivity index (χ2n) is 6.07. The van der Waals surface area contributed by atoms with Gasteiger partial charge in [-0.3, -0.25) is 0 Å². The molecule has 0 spiro atoms. The monoisotopic (exact) mass is 380 g/mol. The largest absolute Gasteiger partial charge is 0.497 e. The summed E-state index contributed by atoms with van der Waals surface area (Å²) in [4.78, 5) is 0. The van der Waals surface area contributed by atoms with E-state index in [1.165, 1.54) is 0 Å². The Kier molecular flexibility index (Phi) is 6.27. The Hall–Kier alpha value is -3.34. The van der Waals surface area contributed by atoms with Crippen molar-refractivity contribution in [2.24, 2.45) is 0 Å². The summed E-state index contributed by atoms with van der Waals surface area (Å²) in [6.07, 6.45) is 0.586. The maximum absolute atomic E-state index is 6.11. The van der Waals surface area contributed by atoms with E-state index < -0.39 is 0 Å². The number of para-hydroxylation sites is 1. The molecule has 0 saturated carbocycles. The number of hydrogen-bond donors (Lipinski definition) is 0. The minimum Gasteiger partial charge on any atom is -0.497 e. The van der Waals surface area contributed by atoms with Crippen LogP contribution in [-0.2, 0) is 6.42 Å². The third-order valence-corrected chi connectivity index (χ3v) is 4.44. The van der Waals surface area contributed by atoms with Gasteiger partial charge >= 0.3 is 0 Å². The van der Waals surface area contributed by atoms with Crippen LogP contribution in [0.4, 0.5) is 0 Å². The van der Waals surface area contributed by atoms with Crippen LogP contribution >= 0.6 is 0 Å². The summed E-state index contributed by atoms with van der Waals surface area (Å²) in [5.74, 6) is 4.38. The number of methoxy groups -OCH3 is 4. The van der Waals surface area contributed by atoms with Gasteiger partial charge in [0.15, 0.2) is 0 Å². The average Bonchev–Trinajstić information content (AvgIpc) is 2.75.